The first kappa shape index (κ1) is 16.2. The summed E-state index contributed by atoms with van der Waals surface area (Å²) in [5, 5.41) is 4.44. The summed E-state index contributed by atoms with van der Waals surface area (Å²) in [7, 11) is 0. The molecule has 6 nitrogen and oxygen atoms in total. The van der Waals surface area contributed by atoms with E-state index in [0.717, 1.165) is 10.0 Å². The SMILES string of the molecule is O=C(c1cc(Br)ccc1Cl)N1CC(c2nc(-c3ccncc3)no2)C1. The van der Waals surface area contributed by atoms with Gasteiger partial charge in [-0.1, -0.05) is 32.7 Å². The number of hydrogen-bond acceptors (Lipinski definition) is 5. The van der Waals surface area contributed by atoms with Crippen LogP contribution in [0.25, 0.3) is 11.4 Å². The van der Waals surface area contributed by atoms with Crippen LogP contribution in [-0.2, 0) is 0 Å². The minimum Gasteiger partial charge on any atom is -0.339 e. The Labute approximate surface area is 156 Å². The highest BCUT2D eigenvalue weighted by Crippen LogP contribution is 2.30. The van der Waals surface area contributed by atoms with Gasteiger partial charge in [0.25, 0.3) is 5.91 Å². The molecule has 3 heterocycles. The predicted octanol–water partition coefficient (Wildman–Crippen LogP) is 3.79. The lowest BCUT2D eigenvalue weighted by Gasteiger charge is -2.37. The Kier molecular flexibility index (Phi) is 4.27. The van der Waals surface area contributed by atoms with Crippen molar-refractivity contribution in [2.24, 2.45) is 0 Å². The maximum Gasteiger partial charge on any atom is 0.255 e. The Hall–Kier alpha value is -2.25. The van der Waals surface area contributed by atoms with E-state index in [0.29, 0.717) is 35.4 Å². The first-order valence-corrected chi connectivity index (χ1v) is 8.77. The second kappa shape index (κ2) is 6.57. The maximum absolute atomic E-state index is 12.6. The fourth-order valence-corrected chi connectivity index (χ4v) is 3.21. The molecule has 8 heteroatoms. The lowest BCUT2D eigenvalue weighted by atomic mass is 9.98. The third kappa shape index (κ3) is 3.17. The molecule has 2 aromatic heterocycles. The van der Waals surface area contributed by atoms with Crippen LogP contribution in [0.5, 0.6) is 0 Å². The highest BCUT2D eigenvalue weighted by atomic mass is 79.9. The molecule has 1 aromatic carbocycles. The van der Waals surface area contributed by atoms with E-state index in [-0.39, 0.29) is 11.8 Å². The number of amides is 1. The van der Waals surface area contributed by atoms with E-state index in [1.165, 1.54) is 0 Å². The van der Waals surface area contributed by atoms with Gasteiger partial charge in [0.05, 0.1) is 16.5 Å². The Morgan fingerprint density at radius 3 is 2.76 bits per heavy atom. The number of halogens is 2. The van der Waals surface area contributed by atoms with Crippen LogP contribution in [0.4, 0.5) is 0 Å². The first-order chi connectivity index (χ1) is 12.1. The van der Waals surface area contributed by atoms with Crippen molar-refractivity contribution in [2.75, 3.05) is 13.1 Å². The minimum atomic E-state index is -0.101. The molecular weight excluding hydrogens is 408 g/mol. The molecule has 1 amide bonds. The molecule has 25 heavy (non-hydrogen) atoms. The molecule has 0 atom stereocenters. The zero-order valence-corrected chi connectivity index (χ0v) is 15.2. The minimum absolute atomic E-state index is 0.0398. The lowest BCUT2D eigenvalue weighted by Crippen LogP contribution is -2.48. The predicted molar refractivity (Wildman–Crippen MR) is 95.3 cm³/mol. The highest BCUT2D eigenvalue weighted by Gasteiger charge is 2.36. The van der Waals surface area contributed by atoms with Crippen molar-refractivity contribution in [1.82, 2.24) is 20.0 Å². The van der Waals surface area contributed by atoms with Crippen LogP contribution < -0.4 is 0 Å². The number of benzene rings is 1. The standard InChI is InChI=1S/C17H12BrClN4O2/c18-12-1-2-14(19)13(7-12)17(24)23-8-11(9-23)16-21-15(22-25-16)10-3-5-20-6-4-10/h1-7,11H,8-9H2. The molecule has 0 N–H and O–H groups in total. The molecule has 3 aromatic rings. The van der Waals surface area contributed by atoms with Gasteiger partial charge in [0.2, 0.25) is 11.7 Å². The lowest BCUT2D eigenvalue weighted by molar-refractivity contribution is 0.0569. The summed E-state index contributed by atoms with van der Waals surface area (Å²) < 4.78 is 6.16. The Balaban J connectivity index is 1.45. The molecule has 0 unspecified atom stereocenters. The van der Waals surface area contributed by atoms with Crippen LogP contribution in [0.2, 0.25) is 5.02 Å². The van der Waals surface area contributed by atoms with Gasteiger partial charge >= 0.3 is 0 Å². The molecule has 0 spiro atoms. The normalized spacial score (nSPS) is 14.4. The number of aromatic nitrogens is 3. The summed E-state index contributed by atoms with van der Waals surface area (Å²) in [6, 6.07) is 8.87. The third-order valence-corrected chi connectivity index (χ3v) is 4.88. The fourth-order valence-electron chi connectivity index (χ4n) is 2.65. The van der Waals surface area contributed by atoms with Crippen molar-refractivity contribution in [3.63, 3.8) is 0 Å². The molecule has 0 radical (unpaired) electrons. The summed E-state index contributed by atoms with van der Waals surface area (Å²) in [6.45, 7) is 1.05. The Bertz CT molecular complexity index is 925. The van der Waals surface area contributed by atoms with Gasteiger partial charge < -0.3 is 9.42 Å². The maximum atomic E-state index is 12.6. The van der Waals surface area contributed by atoms with Crippen molar-refractivity contribution >= 4 is 33.4 Å². The first-order valence-electron chi connectivity index (χ1n) is 7.60. The van der Waals surface area contributed by atoms with Crippen LogP contribution >= 0.6 is 27.5 Å². The number of hydrogen-bond donors (Lipinski definition) is 0. The molecule has 1 aliphatic heterocycles. The van der Waals surface area contributed by atoms with Gasteiger partial charge in [0.15, 0.2) is 0 Å². The quantitative estimate of drug-likeness (QED) is 0.646. The van der Waals surface area contributed by atoms with E-state index in [1.807, 2.05) is 12.1 Å². The highest BCUT2D eigenvalue weighted by molar-refractivity contribution is 9.10. The summed E-state index contributed by atoms with van der Waals surface area (Å²) in [5.74, 6) is 1.00. The Morgan fingerprint density at radius 2 is 2.00 bits per heavy atom. The van der Waals surface area contributed by atoms with Crippen molar-refractivity contribution in [3.05, 3.63) is 63.7 Å². The topological polar surface area (TPSA) is 72.1 Å². The van der Waals surface area contributed by atoms with E-state index in [9.17, 15) is 4.79 Å². The van der Waals surface area contributed by atoms with Gasteiger partial charge in [-0.05, 0) is 30.3 Å². The number of nitrogens with zero attached hydrogens (tertiary/aromatic N) is 4. The van der Waals surface area contributed by atoms with Gasteiger partial charge in [0.1, 0.15) is 0 Å². The van der Waals surface area contributed by atoms with Crippen molar-refractivity contribution < 1.29 is 9.32 Å². The van der Waals surface area contributed by atoms with Crippen LogP contribution in [0.15, 0.2) is 51.7 Å². The number of pyridine rings is 1. The number of likely N-dealkylation sites (tertiary alicyclic amines) is 1. The van der Waals surface area contributed by atoms with E-state index < -0.39 is 0 Å². The largest absolute Gasteiger partial charge is 0.339 e. The smallest absolute Gasteiger partial charge is 0.255 e. The molecule has 0 saturated carbocycles. The van der Waals surface area contributed by atoms with Gasteiger partial charge in [-0.25, -0.2) is 0 Å². The van der Waals surface area contributed by atoms with Gasteiger partial charge in [-0.15, -0.1) is 0 Å². The zero-order chi connectivity index (χ0) is 17.4. The second-order valence-corrected chi connectivity index (χ2v) is 7.05. The van der Waals surface area contributed by atoms with E-state index in [1.54, 1.807) is 35.5 Å². The monoisotopic (exact) mass is 418 g/mol. The number of rotatable bonds is 3. The van der Waals surface area contributed by atoms with Crippen LogP contribution in [-0.4, -0.2) is 39.0 Å². The van der Waals surface area contributed by atoms with Crippen LogP contribution in [0.1, 0.15) is 22.2 Å². The van der Waals surface area contributed by atoms with Crippen LogP contribution in [0, 0.1) is 0 Å². The van der Waals surface area contributed by atoms with Gasteiger partial charge in [-0.2, -0.15) is 4.98 Å². The molecule has 1 saturated heterocycles. The zero-order valence-electron chi connectivity index (χ0n) is 12.9. The van der Waals surface area contributed by atoms with E-state index in [2.05, 4.69) is 31.1 Å². The summed E-state index contributed by atoms with van der Waals surface area (Å²) >= 11 is 9.49. The van der Waals surface area contributed by atoms with E-state index >= 15 is 0 Å². The molecular formula is C17H12BrClN4O2. The third-order valence-electron chi connectivity index (χ3n) is 4.06. The second-order valence-electron chi connectivity index (χ2n) is 5.72. The molecule has 4 rings (SSSR count). The fraction of sp³-hybridized carbons (Fsp3) is 0.176. The van der Waals surface area contributed by atoms with Crippen molar-refractivity contribution in [2.45, 2.75) is 5.92 Å². The molecule has 0 bridgehead atoms. The average Bonchev–Trinajstić information content (AvgIpc) is 3.06. The molecule has 1 aliphatic rings. The van der Waals surface area contributed by atoms with Crippen molar-refractivity contribution in [3.8, 4) is 11.4 Å². The summed E-state index contributed by atoms with van der Waals surface area (Å²) in [5.41, 5.74) is 1.33. The molecule has 1 fully saturated rings. The summed E-state index contributed by atoms with van der Waals surface area (Å²) in [4.78, 5) is 22.7. The molecule has 0 aliphatic carbocycles. The molecule has 126 valence electrons. The van der Waals surface area contributed by atoms with Gasteiger partial charge in [-0.3, -0.25) is 9.78 Å². The average molecular weight is 420 g/mol. The van der Waals surface area contributed by atoms with Crippen molar-refractivity contribution in [1.29, 1.82) is 0 Å². The van der Waals surface area contributed by atoms with Gasteiger partial charge in [0, 0.05) is 35.5 Å². The number of carbonyl (C=O) groups is 1. The van der Waals surface area contributed by atoms with E-state index in [4.69, 9.17) is 16.1 Å². The summed E-state index contributed by atoms with van der Waals surface area (Å²) in [6.07, 6.45) is 3.35. The Morgan fingerprint density at radius 1 is 1.24 bits per heavy atom. The van der Waals surface area contributed by atoms with Crippen LogP contribution in [0.3, 0.4) is 0 Å². The number of carbonyl (C=O) groups excluding carboxylic acids is 1.